The summed E-state index contributed by atoms with van der Waals surface area (Å²) < 4.78 is 5.49. The zero-order chi connectivity index (χ0) is 14.9. The van der Waals surface area contributed by atoms with Gasteiger partial charge in [-0.15, -0.1) is 0 Å². The van der Waals surface area contributed by atoms with E-state index in [9.17, 15) is 0 Å². The highest BCUT2D eigenvalue weighted by molar-refractivity contribution is 5.75. The molecule has 118 valence electrons. The lowest BCUT2D eigenvalue weighted by molar-refractivity contribution is 0.0502. The Hall–Kier alpha value is -1.39. The number of nitrogens with one attached hydrogen (secondary N) is 1. The third kappa shape index (κ3) is 2.77. The quantitative estimate of drug-likeness (QED) is 0.944. The van der Waals surface area contributed by atoms with E-state index in [1.165, 1.54) is 49.9 Å². The largest absolute Gasteiger partial charge is 0.381 e. The third-order valence-corrected chi connectivity index (χ3v) is 5.17. The number of ether oxygens (including phenoxy) is 1. The molecule has 2 aromatic rings. The minimum Gasteiger partial charge on any atom is -0.381 e. The summed E-state index contributed by atoms with van der Waals surface area (Å²) in [5, 5.41) is 0. The Labute approximate surface area is 131 Å². The van der Waals surface area contributed by atoms with Gasteiger partial charge in [-0.1, -0.05) is 6.07 Å². The molecule has 0 unspecified atom stereocenters. The SMILES string of the molecule is Cc1ccc2nc([C@@H]3CCCN3CC3CCOCC3)[nH]c2c1. The molecular weight excluding hydrogens is 274 g/mol. The first-order valence-electron chi connectivity index (χ1n) is 8.57. The average molecular weight is 299 g/mol. The fourth-order valence-electron chi connectivity index (χ4n) is 3.92. The van der Waals surface area contributed by atoms with Crippen LogP contribution in [0, 0.1) is 12.8 Å². The number of hydrogen-bond donors (Lipinski definition) is 1. The second-order valence-corrected chi connectivity index (χ2v) is 6.85. The van der Waals surface area contributed by atoms with Crippen LogP contribution >= 0.6 is 0 Å². The van der Waals surface area contributed by atoms with Crippen LogP contribution in [0.3, 0.4) is 0 Å². The third-order valence-electron chi connectivity index (χ3n) is 5.17. The van der Waals surface area contributed by atoms with Gasteiger partial charge in [0.1, 0.15) is 5.82 Å². The molecule has 2 saturated heterocycles. The summed E-state index contributed by atoms with van der Waals surface area (Å²) in [5.74, 6) is 1.95. The van der Waals surface area contributed by atoms with E-state index in [-0.39, 0.29) is 0 Å². The van der Waals surface area contributed by atoms with Crippen LogP contribution in [0.2, 0.25) is 0 Å². The minimum atomic E-state index is 0.468. The molecule has 0 aliphatic carbocycles. The molecule has 1 aromatic heterocycles. The topological polar surface area (TPSA) is 41.2 Å². The molecule has 0 spiro atoms. The van der Waals surface area contributed by atoms with Gasteiger partial charge in [0.05, 0.1) is 17.1 Å². The molecule has 0 amide bonds. The van der Waals surface area contributed by atoms with Crippen molar-refractivity contribution in [2.24, 2.45) is 5.92 Å². The van der Waals surface area contributed by atoms with Crippen LogP contribution in [0.25, 0.3) is 11.0 Å². The Morgan fingerprint density at radius 1 is 1.27 bits per heavy atom. The van der Waals surface area contributed by atoms with Gasteiger partial charge in [-0.2, -0.15) is 0 Å². The first kappa shape index (κ1) is 14.2. The Kier molecular flexibility index (Phi) is 3.89. The van der Waals surface area contributed by atoms with Crippen LogP contribution in [0.15, 0.2) is 18.2 Å². The molecule has 4 heteroatoms. The molecule has 0 saturated carbocycles. The van der Waals surface area contributed by atoms with E-state index in [0.717, 1.165) is 30.5 Å². The van der Waals surface area contributed by atoms with E-state index < -0.39 is 0 Å². The highest BCUT2D eigenvalue weighted by Gasteiger charge is 2.30. The standard InChI is InChI=1S/C18H25N3O/c1-13-4-5-15-16(11-13)20-18(19-15)17-3-2-8-21(17)12-14-6-9-22-10-7-14/h4-5,11,14,17H,2-3,6-10,12H2,1H3,(H,19,20)/t17-/m0/s1. The van der Waals surface area contributed by atoms with Crippen LogP contribution in [0.4, 0.5) is 0 Å². The van der Waals surface area contributed by atoms with Crippen LogP contribution < -0.4 is 0 Å². The number of hydrogen-bond acceptors (Lipinski definition) is 3. The van der Waals surface area contributed by atoms with Crippen LogP contribution in [-0.4, -0.2) is 41.2 Å². The Morgan fingerprint density at radius 3 is 3.00 bits per heavy atom. The van der Waals surface area contributed by atoms with Gasteiger partial charge < -0.3 is 9.72 Å². The first-order chi connectivity index (χ1) is 10.8. The lowest BCUT2D eigenvalue weighted by Gasteiger charge is -2.30. The van der Waals surface area contributed by atoms with Crippen molar-refractivity contribution >= 4 is 11.0 Å². The number of aryl methyl sites for hydroxylation is 1. The van der Waals surface area contributed by atoms with Gasteiger partial charge in [-0.3, -0.25) is 4.90 Å². The molecular formula is C18H25N3O. The highest BCUT2D eigenvalue weighted by Crippen LogP contribution is 2.33. The summed E-state index contributed by atoms with van der Waals surface area (Å²) in [6, 6.07) is 6.93. The Morgan fingerprint density at radius 2 is 2.14 bits per heavy atom. The normalized spacial score (nSPS) is 24.3. The van der Waals surface area contributed by atoms with Crippen molar-refractivity contribution in [3.05, 3.63) is 29.6 Å². The summed E-state index contributed by atoms with van der Waals surface area (Å²) in [7, 11) is 0. The monoisotopic (exact) mass is 299 g/mol. The van der Waals surface area contributed by atoms with Crippen molar-refractivity contribution in [2.45, 2.75) is 38.6 Å². The van der Waals surface area contributed by atoms with Gasteiger partial charge in [-0.25, -0.2) is 4.98 Å². The summed E-state index contributed by atoms with van der Waals surface area (Å²) in [4.78, 5) is 11.1. The van der Waals surface area contributed by atoms with Crippen molar-refractivity contribution in [3.8, 4) is 0 Å². The number of imidazole rings is 1. The van der Waals surface area contributed by atoms with Crippen LogP contribution in [-0.2, 0) is 4.74 Å². The number of aromatic nitrogens is 2. The van der Waals surface area contributed by atoms with Crippen molar-refractivity contribution in [2.75, 3.05) is 26.3 Å². The molecule has 4 rings (SSSR count). The number of aromatic amines is 1. The molecule has 2 aliphatic heterocycles. The number of fused-ring (bicyclic) bond motifs is 1. The number of nitrogens with zero attached hydrogens (tertiary/aromatic N) is 2. The van der Waals surface area contributed by atoms with E-state index in [1.807, 2.05) is 0 Å². The van der Waals surface area contributed by atoms with Crippen LogP contribution in [0.5, 0.6) is 0 Å². The average Bonchev–Trinajstić information content (AvgIpc) is 3.14. The van der Waals surface area contributed by atoms with Crippen molar-refractivity contribution in [1.29, 1.82) is 0 Å². The molecule has 0 bridgehead atoms. The van der Waals surface area contributed by atoms with Gasteiger partial charge >= 0.3 is 0 Å². The maximum Gasteiger partial charge on any atom is 0.124 e. The van der Waals surface area contributed by atoms with E-state index in [1.54, 1.807) is 0 Å². The maximum atomic E-state index is 5.49. The lowest BCUT2D eigenvalue weighted by Crippen LogP contribution is -2.32. The Balaban J connectivity index is 1.53. The van der Waals surface area contributed by atoms with Gasteiger partial charge in [-0.05, 0) is 62.8 Å². The van der Waals surface area contributed by atoms with Gasteiger partial charge in [0.15, 0.2) is 0 Å². The highest BCUT2D eigenvalue weighted by atomic mass is 16.5. The molecule has 22 heavy (non-hydrogen) atoms. The van der Waals surface area contributed by atoms with Crippen molar-refractivity contribution < 1.29 is 4.74 Å². The summed E-state index contributed by atoms with van der Waals surface area (Å²) >= 11 is 0. The molecule has 1 aromatic carbocycles. The predicted molar refractivity (Wildman–Crippen MR) is 87.9 cm³/mol. The molecule has 4 nitrogen and oxygen atoms in total. The molecule has 3 heterocycles. The van der Waals surface area contributed by atoms with Crippen molar-refractivity contribution in [3.63, 3.8) is 0 Å². The zero-order valence-electron chi connectivity index (χ0n) is 13.3. The fraction of sp³-hybridized carbons (Fsp3) is 0.611. The predicted octanol–water partition coefficient (Wildman–Crippen LogP) is 3.43. The van der Waals surface area contributed by atoms with Crippen molar-refractivity contribution in [1.82, 2.24) is 14.9 Å². The second-order valence-electron chi connectivity index (χ2n) is 6.85. The number of H-pyrrole nitrogens is 1. The summed E-state index contributed by atoms with van der Waals surface area (Å²) in [5.41, 5.74) is 3.56. The first-order valence-corrected chi connectivity index (χ1v) is 8.57. The number of likely N-dealkylation sites (tertiary alicyclic amines) is 1. The zero-order valence-corrected chi connectivity index (χ0v) is 13.3. The van der Waals surface area contributed by atoms with E-state index in [2.05, 4.69) is 35.0 Å². The molecule has 1 atom stereocenters. The molecule has 2 aliphatic rings. The number of benzene rings is 1. The van der Waals surface area contributed by atoms with Gasteiger partial charge in [0.25, 0.3) is 0 Å². The fourth-order valence-corrected chi connectivity index (χ4v) is 3.92. The lowest BCUT2D eigenvalue weighted by atomic mass is 9.99. The minimum absolute atomic E-state index is 0.468. The molecule has 1 N–H and O–H groups in total. The van der Waals surface area contributed by atoms with E-state index in [4.69, 9.17) is 9.72 Å². The molecule has 2 fully saturated rings. The van der Waals surface area contributed by atoms with E-state index >= 15 is 0 Å². The van der Waals surface area contributed by atoms with Gasteiger partial charge in [0.2, 0.25) is 0 Å². The maximum absolute atomic E-state index is 5.49. The molecule has 0 radical (unpaired) electrons. The van der Waals surface area contributed by atoms with Gasteiger partial charge in [0, 0.05) is 19.8 Å². The smallest absolute Gasteiger partial charge is 0.124 e. The number of rotatable bonds is 3. The van der Waals surface area contributed by atoms with Crippen LogP contribution in [0.1, 0.15) is 43.1 Å². The Bertz CT molecular complexity index is 645. The van der Waals surface area contributed by atoms with E-state index in [0.29, 0.717) is 6.04 Å². The summed E-state index contributed by atoms with van der Waals surface area (Å²) in [6.07, 6.45) is 4.93. The summed E-state index contributed by atoms with van der Waals surface area (Å²) in [6.45, 7) is 6.41. The second kappa shape index (κ2) is 6.01.